The summed E-state index contributed by atoms with van der Waals surface area (Å²) in [5.41, 5.74) is 4.65. The summed E-state index contributed by atoms with van der Waals surface area (Å²) in [6.45, 7) is 5.04. The maximum Gasteiger partial charge on any atom is 0.390 e. The van der Waals surface area contributed by atoms with Gasteiger partial charge in [0.05, 0.1) is 13.0 Å². The molecule has 0 aromatic rings. The summed E-state index contributed by atoms with van der Waals surface area (Å²) >= 11 is 0. The highest BCUT2D eigenvalue weighted by Gasteiger charge is 2.34. The van der Waals surface area contributed by atoms with Crippen LogP contribution < -0.4 is 5.73 Å². The number of carbonyl (C=O) groups excluding carboxylic acids is 1. The zero-order valence-electron chi connectivity index (χ0n) is 11.9. The lowest BCUT2D eigenvalue weighted by atomic mass is 9.94. The fraction of sp³-hybridized carbons (Fsp3) is 0.917. The molecule has 4 nitrogen and oxygen atoms in total. The van der Waals surface area contributed by atoms with E-state index < -0.39 is 24.1 Å². The molecule has 7 heteroatoms. The van der Waals surface area contributed by atoms with Crippen LogP contribution in [0, 0.1) is 0 Å². The third-order valence-electron chi connectivity index (χ3n) is 2.96. The molecule has 0 aromatic heterocycles. The minimum Gasteiger partial charge on any atom is -0.465 e. The van der Waals surface area contributed by atoms with E-state index in [1.807, 2.05) is 0 Å². The van der Waals surface area contributed by atoms with Crippen LogP contribution in [-0.2, 0) is 9.53 Å². The van der Waals surface area contributed by atoms with Crippen LogP contribution in [0.2, 0.25) is 0 Å². The average Bonchev–Trinajstić information content (AvgIpc) is 2.24. The van der Waals surface area contributed by atoms with Crippen molar-refractivity contribution in [2.24, 2.45) is 5.73 Å². The van der Waals surface area contributed by atoms with E-state index in [0.717, 1.165) is 0 Å². The lowest BCUT2D eigenvalue weighted by molar-refractivity contribution is -0.150. The molecule has 0 aliphatic carbocycles. The van der Waals surface area contributed by atoms with Gasteiger partial charge < -0.3 is 15.4 Å². The molecule has 0 aliphatic heterocycles. The number of rotatable bonds is 7. The molecule has 0 spiro atoms. The van der Waals surface area contributed by atoms with Gasteiger partial charge in [-0.3, -0.25) is 4.79 Å². The lowest BCUT2D eigenvalue weighted by Crippen LogP contribution is -2.50. The first-order valence-electron chi connectivity index (χ1n) is 6.22. The Morgan fingerprint density at radius 3 is 2.37 bits per heavy atom. The molecule has 114 valence electrons. The van der Waals surface area contributed by atoms with Gasteiger partial charge >= 0.3 is 12.1 Å². The monoisotopic (exact) mass is 284 g/mol. The summed E-state index contributed by atoms with van der Waals surface area (Å²) in [6.07, 6.45) is -4.82. The van der Waals surface area contributed by atoms with Gasteiger partial charge in [-0.25, -0.2) is 0 Å². The molecule has 0 saturated heterocycles. The van der Waals surface area contributed by atoms with E-state index in [2.05, 4.69) is 0 Å². The number of nitrogens with two attached hydrogens (primary N) is 1. The summed E-state index contributed by atoms with van der Waals surface area (Å²) < 4.78 is 41.2. The Kier molecular flexibility index (Phi) is 6.79. The van der Waals surface area contributed by atoms with Gasteiger partial charge in [0.2, 0.25) is 0 Å². The van der Waals surface area contributed by atoms with Gasteiger partial charge in [0.1, 0.15) is 5.54 Å². The topological polar surface area (TPSA) is 55.6 Å². The quantitative estimate of drug-likeness (QED) is 0.726. The van der Waals surface area contributed by atoms with Crippen LogP contribution in [0.15, 0.2) is 0 Å². The van der Waals surface area contributed by atoms with Crippen molar-refractivity contribution < 1.29 is 22.7 Å². The van der Waals surface area contributed by atoms with Crippen molar-refractivity contribution in [1.82, 2.24) is 4.90 Å². The molecule has 0 bridgehead atoms. The van der Waals surface area contributed by atoms with Crippen LogP contribution in [0.3, 0.4) is 0 Å². The number of alkyl halides is 3. The highest BCUT2D eigenvalue weighted by atomic mass is 19.4. The third kappa shape index (κ3) is 7.37. The number of ether oxygens (including phenoxy) is 1. The average molecular weight is 284 g/mol. The van der Waals surface area contributed by atoms with Crippen molar-refractivity contribution in [2.45, 2.75) is 51.4 Å². The third-order valence-corrected chi connectivity index (χ3v) is 2.96. The second-order valence-corrected chi connectivity index (χ2v) is 5.04. The minimum absolute atomic E-state index is 0.121. The molecule has 0 aromatic carbocycles. The molecule has 2 unspecified atom stereocenters. The Labute approximate surface area is 112 Å². The van der Waals surface area contributed by atoms with E-state index in [1.165, 1.54) is 11.8 Å². The molecule has 2 atom stereocenters. The molecule has 0 amide bonds. The molecule has 0 radical (unpaired) electrons. The van der Waals surface area contributed by atoms with E-state index in [-0.39, 0.29) is 25.6 Å². The van der Waals surface area contributed by atoms with Gasteiger partial charge in [-0.05, 0) is 34.2 Å². The minimum atomic E-state index is -4.18. The van der Waals surface area contributed by atoms with Crippen molar-refractivity contribution in [1.29, 1.82) is 0 Å². The normalized spacial score (nSPS) is 17.1. The maximum absolute atomic E-state index is 12.1. The fourth-order valence-corrected chi connectivity index (χ4v) is 1.67. The predicted molar refractivity (Wildman–Crippen MR) is 66.6 cm³/mol. The number of hydrogen-bond acceptors (Lipinski definition) is 4. The molecular weight excluding hydrogens is 261 g/mol. The lowest BCUT2D eigenvalue weighted by Gasteiger charge is -2.31. The first-order valence-corrected chi connectivity index (χ1v) is 6.22. The number of hydrogen-bond donors (Lipinski definition) is 1. The summed E-state index contributed by atoms with van der Waals surface area (Å²) in [7, 11) is 1.58. The van der Waals surface area contributed by atoms with E-state index in [1.54, 1.807) is 20.9 Å². The second-order valence-electron chi connectivity index (χ2n) is 5.04. The molecule has 2 N–H and O–H groups in total. The highest BCUT2D eigenvalue weighted by molar-refractivity contribution is 5.80. The zero-order chi connectivity index (χ0) is 15.3. The van der Waals surface area contributed by atoms with Crippen LogP contribution in [0.5, 0.6) is 0 Å². The second kappa shape index (κ2) is 7.09. The number of nitrogens with zero attached hydrogens (tertiary/aromatic N) is 1. The standard InChI is InChI=1S/C12H23F3N2O2/c1-5-19-10(18)11(3,16)8-9(2)17(4)7-6-12(13,14)15/h9H,5-8,16H2,1-4H3. The first kappa shape index (κ1) is 18.2. The maximum atomic E-state index is 12.1. The largest absolute Gasteiger partial charge is 0.465 e. The first-order chi connectivity index (χ1) is 8.49. The Bertz CT molecular complexity index is 293. The van der Waals surface area contributed by atoms with Crippen molar-refractivity contribution in [3.05, 3.63) is 0 Å². The Hall–Kier alpha value is -0.820. The number of carbonyl (C=O) groups is 1. The summed E-state index contributed by atoms with van der Waals surface area (Å²) in [5, 5.41) is 0. The molecule has 0 rings (SSSR count). The fourth-order valence-electron chi connectivity index (χ4n) is 1.67. The van der Waals surface area contributed by atoms with E-state index in [9.17, 15) is 18.0 Å². The predicted octanol–water partition coefficient (Wildman–Crippen LogP) is 1.93. The smallest absolute Gasteiger partial charge is 0.390 e. The van der Waals surface area contributed by atoms with Gasteiger partial charge in [-0.1, -0.05) is 0 Å². The van der Waals surface area contributed by atoms with Crippen LogP contribution >= 0.6 is 0 Å². The Morgan fingerprint density at radius 1 is 1.42 bits per heavy atom. The van der Waals surface area contributed by atoms with Crippen molar-refractivity contribution in [3.8, 4) is 0 Å². The molecule has 0 aliphatic rings. The number of halogens is 3. The van der Waals surface area contributed by atoms with Gasteiger partial charge in [-0.2, -0.15) is 13.2 Å². The molecule has 0 fully saturated rings. The summed E-state index contributed by atoms with van der Waals surface area (Å²) in [4.78, 5) is 13.1. The Morgan fingerprint density at radius 2 is 1.95 bits per heavy atom. The SMILES string of the molecule is CCOC(=O)C(C)(N)CC(C)N(C)CCC(F)(F)F. The van der Waals surface area contributed by atoms with Crippen LogP contribution in [-0.4, -0.2) is 48.8 Å². The highest BCUT2D eigenvalue weighted by Crippen LogP contribution is 2.21. The van der Waals surface area contributed by atoms with Crippen molar-refractivity contribution in [2.75, 3.05) is 20.2 Å². The van der Waals surface area contributed by atoms with Gasteiger partial charge in [-0.15, -0.1) is 0 Å². The van der Waals surface area contributed by atoms with Crippen LogP contribution in [0.25, 0.3) is 0 Å². The molecule has 19 heavy (non-hydrogen) atoms. The van der Waals surface area contributed by atoms with E-state index >= 15 is 0 Å². The van der Waals surface area contributed by atoms with E-state index in [4.69, 9.17) is 10.5 Å². The Balaban J connectivity index is 4.34. The molecular formula is C12H23F3N2O2. The van der Waals surface area contributed by atoms with E-state index in [0.29, 0.717) is 0 Å². The van der Waals surface area contributed by atoms with Gasteiger partial charge in [0.15, 0.2) is 0 Å². The molecule has 0 heterocycles. The van der Waals surface area contributed by atoms with Crippen LogP contribution in [0.4, 0.5) is 13.2 Å². The van der Waals surface area contributed by atoms with Crippen LogP contribution in [0.1, 0.15) is 33.6 Å². The van der Waals surface area contributed by atoms with Crippen molar-refractivity contribution >= 4 is 5.97 Å². The number of esters is 1. The molecule has 0 saturated carbocycles. The van der Waals surface area contributed by atoms with Gasteiger partial charge in [0, 0.05) is 12.6 Å². The zero-order valence-corrected chi connectivity index (χ0v) is 11.9. The summed E-state index contributed by atoms with van der Waals surface area (Å²) in [6, 6.07) is -0.248. The van der Waals surface area contributed by atoms with Crippen molar-refractivity contribution in [3.63, 3.8) is 0 Å². The summed E-state index contributed by atoms with van der Waals surface area (Å²) in [5.74, 6) is -0.536. The van der Waals surface area contributed by atoms with Gasteiger partial charge in [0.25, 0.3) is 0 Å².